The Morgan fingerprint density at radius 2 is 2.00 bits per heavy atom. The quantitative estimate of drug-likeness (QED) is 0.855. The number of fused-ring (bicyclic) bond motifs is 2. The third-order valence-corrected chi connectivity index (χ3v) is 3.39. The number of anilines is 1. The summed E-state index contributed by atoms with van der Waals surface area (Å²) in [5.74, 6) is 0.918. The highest BCUT2D eigenvalue weighted by Crippen LogP contribution is 2.37. The second-order valence-electron chi connectivity index (χ2n) is 4.66. The first kappa shape index (κ1) is 13.5. The number of pyridine rings is 1. The van der Waals surface area contributed by atoms with E-state index in [-0.39, 0.29) is 0 Å². The number of hydrogen-bond acceptors (Lipinski definition) is 6. The molecule has 1 aromatic heterocycles. The number of ether oxygens (including phenoxy) is 3. The molecule has 0 spiro atoms. The second kappa shape index (κ2) is 5.47. The first-order valence-electron chi connectivity index (χ1n) is 6.73. The van der Waals surface area contributed by atoms with Crippen LogP contribution in [0.3, 0.4) is 0 Å². The van der Waals surface area contributed by atoms with Crippen molar-refractivity contribution in [1.82, 2.24) is 4.98 Å². The van der Waals surface area contributed by atoms with Crippen LogP contribution in [0.5, 0.6) is 11.5 Å². The van der Waals surface area contributed by atoms with Crippen LogP contribution >= 0.6 is 0 Å². The van der Waals surface area contributed by atoms with Crippen molar-refractivity contribution < 1.29 is 19.0 Å². The number of carbonyl (C=O) groups is 1. The summed E-state index contributed by atoms with van der Waals surface area (Å²) in [4.78, 5) is 16.1. The second-order valence-corrected chi connectivity index (χ2v) is 4.66. The standard InChI is InChI=1S/C15H16N2O4/c1-16-14-9-6-12-13(21-5-3-4-20-12)7-11(9)17-8-10(14)15(18)19-2/h6-8H,3-5H2,1-2H3,(H,16,17). The van der Waals surface area contributed by atoms with E-state index in [1.54, 1.807) is 7.05 Å². The maximum Gasteiger partial charge on any atom is 0.341 e. The Bertz CT molecular complexity index is 700. The minimum atomic E-state index is -0.430. The van der Waals surface area contributed by atoms with E-state index >= 15 is 0 Å². The van der Waals surface area contributed by atoms with Crippen molar-refractivity contribution in [3.8, 4) is 11.5 Å². The number of rotatable bonds is 2. The van der Waals surface area contributed by atoms with E-state index in [4.69, 9.17) is 14.2 Å². The van der Waals surface area contributed by atoms with Gasteiger partial charge < -0.3 is 19.5 Å². The van der Waals surface area contributed by atoms with Gasteiger partial charge in [0.25, 0.3) is 0 Å². The summed E-state index contributed by atoms with van der Waals surface area (Å²) in [6.45, 7) is 1.23. The van der Waals surface area contributed by atoms with Crippen LogP contribution in [0.1, 0.15) is 16.8 Å². The van der Waals surface area contributed by atoms with Crippen molar-refractivity contribution in [2.45, 2.75) is 6.42 Å². The Labute approximate surface area is 122 Å². The molecule has 1 aliphatic rings. The van der Waals surface area contributed by atoms with Gasteiger partial charge in [-0.1, -0.05) is 0 Å². The lowest BCUT2D eigenvalue weighted by atomic mass is 10.1. The number of nitrogens with zero attached hydrogens (tertiary/aromatic N) is 1. The number of carbonyl (C=O) groups excluding carboxylic acids is 1. The van der Waals surface area contributed by atoms with Gasteiger partial charge in [0.2, 0.25) is 0 Å². The molecule has 110 valence electrons. The molecule has 0 fully saturated rings. The fourth-order valence-corrected chi connectivity index (χ4v) is 2.38. The molecule has 0 amide bonds. The highest BCUT2D eigenvalue weighted by atomic mass is 16.5. The minimum absolute atomic E-state index is 0.391. The number of esters is 1. The highest BCUT2D eigenvalue weighted by Gasteiger charge is 2.18. The Morgan fingerprint density at radius 3 is 2.67 bits per heavy atom. The van der Waals surface area contributed by atoms with Crippen LogP contribution in [0.25, 0.3) is 10.9 Å². The lowest BCUT2D eigenvalue weighted by Gasteiger charge is -2.13. The minimum Gasteiger partial charge on any atom is -0.490 e. The van der Waals surface area contributed by atoms with Crippen LogP contribution in [-0.4, -0.2) is 38.3 Å². The smallest absolute Gasteiger partial charge is 0.341 e. The average molecular weight is 288 g/mol. The topological polar surface area (TPSA) is 69.7 Å². The fourth-order valence-electron chi connectivity index (χ4n) is 2.38. The Balaban J connectivity index is 2.22. The molecule has 0 bridgehead atoms. The Hall–Kier alpha value is -2.50. The number of methoxy groups -OCH3 is 1. The van der Waals surface area contributed by atoms with Gasteiger partial charge in [-0.3, -0.25) is 4.98 Å². The van der Waals surface area contributed by atoms with Gasteiger partial charge >= 0.3 is 5.97 Å². The molecule has 21 heavy (non-hydrogen) atoms. The van der Waals surface area contributed by atoms with Gasteiger partial charge in [0, 0.05) is 31.1 Å². The summed E-state index contributed by atoms with van der Waals surface area (Å²) in [7, 11) is 3.10. The zero-order valence-corrected chi connectivity index (χ0v) is 11.9. The van der Waals surface area contributed by atoms with Gasteiger partial charge in [-0.2, -0.15) is 0 Å². The molecule has 3 rings (SSSR count). The van der Waals surface area contributed by atoms with Gasteiger partial charge in [-0.25, -0.2) is 4.79 Å². The Kier molecular flexibility index (Phi) is 3.51. The summed E-state index contributed by atoms with van der Waals surface area (Å²) < 4.78 is 16.1. The maximum atomic E-state index is 11.8. The van der Waals surface area contributed by atoms with Gasteiger partial charge in [0.05, 0.1) is 31.5 Å². The third-order valence-electron chi connectivity index (χ3n) is 3.39. The van der Waals surface area contributed by atoms with Crippen LogP contribution in [0.2, 0.25) is 0 Å². The van der Waals surface area contributed by atoms with E-state index in [0.29, 0.717) is 36.0 Å². The summed E-state index contributed by atoms with van der Waals surface area (Å²) in [5, 5.41) is 3.84. The first-order valence-corrected chi connectivity index (χ1v) is 6.73. The molecule has 6 nitrogen and oxygen atoms in total. The fraction of sp³-hybridized carbons (Fsp3) is 0.333. The average Bonchev–Trinajstić information content (AvgIpc) is 2.75. The molecule has 2 aromatic rings. The van der Waals surface area contributed by atoms with E-state index in [0.717, 1.165) is 17.3 Å². The maximum absolute atomic E-state index is 11.8. The molecule has 1 N–H and O–H groups in total. The van der Waals surface area contributed by atoms with Gasteiger partial charge in [0.1, 0.15) is 5.56 Å². The molecule has 1 aromatic carbocycles. The zero-order valence-electron chi connectivity index (χ0n) is 11.9. The molecule has 6 heteroatoms. The van der Waals surface area contributed by atoms with Crippen LogP contribution in [0.4, 0.5) is 5.69 Å². The number of nitrogens with one attached hydrogen (secondary N) is 1. The van der Waals surface area contributed by atoms with E-state index in [2.05, 4.69) is 10.3 Å². The molecule has 0 saturated heterocycles. The summed E-state index contributed by atoms with van der Waals surface area (Å²) in [6, 6.07) is 3.68. The summed E-state index contributed by atoms with van der Waals surface area (Å²) in [5.41, 5.74) is 1.79. The molecule has 2 heterocycles. The van der Waals surface area contributed by atoms with E-state index < -0.39 is 5.97 Å². The largest absolute Gasteiger partial charge is 0.490 e. The summed E-state index contributed by atoms with van der Waals surface area (Å²) in [6.07, 6.45) is 2.34. The Morgan fingerprint density at radius 1 is 1.29 bits per heavy atom. The molecular formula is C15H16N2O4. The molecule has 0 aliphatic carbocycles. The van der Waals surface area contributed by atoms with Crippen LogP contribution < -0.4 is 14.8 Å². The SMILES string of the molecule is CNc1c(C(=O)OC)cnc2cc3c(cc12)OCCCO3. The molecule has 0 radical (unpaired) electrons. The van der Waals surface area contributed by atoms with E-state index in [9.17, 15) is 4.79 Å². The van der Waals surface area contributed by atoms with Crippen molar-refractivity contribution in [2.75, 3.05) is 32.7 Å². The monoisotopic (exact) mass is 288 g/mol. The normalized spacial score (nSPS) is 13.6. The van der Waals surface area contributed by atoms with Crippen LogP contribution in [0, 0.1) is 0 Å². The van der Waals surface area contributed by atoms with Crippen molar-refractivity contribution in [3.05, 3.63) is 23.9 Å². The molecule has 0 atom stereocenters. The van der Waals surface area contributed by atoms with Crippen LogP contribution in [-0.2, 0) is 4.74 Å². The van der Waals surface area contributed by atoms with Crippen molar-refractivity contribution in [3.63, 3.8) is 0 Å². The van der Waals surface area contributed by atoms with Crippen molar-refractivity contribution in [1.29, 1.82) is 0 Å². The summed E-state index contributed by atoms with van der Waals surface area (Å²) >= 11 is 0. The van der Waals surface area contributed by atoms with Crippen LogP contribution in [0.15, 0.2) is 18.3 Å². The number of hydrogen-bond donors (Lipinski definition) is 1. The van der Waals surface area contributed by atoms with Crippen molar-refractivity contribution in [2.24, 2.45) is 0 Å². The lowest BCUT2D eigenvalue weighted by Crippen LogP contribution is -2.07. The highest BCUT2D eigenvalue weighted by molar-refractivity contribution is 6.05. The molecular weight excluding hydrogens is 272 g/mol. The van der Waals surface area contributed by atoms with Crippen molar-refractivity contribution >= 4 is 22.6 Å². The van der Waals surface area contributed by atoms with Gasteiger partial charge in [-0.05, 0) is 6.07 Å². The van der Waals surface area contributed by atoms with Gasteiger partial charge in [-0.15, -0.1) is 0 Å². The van der Waals surface area contributed by atoms with E-state index in [1.807, 2.05) is 12.1 Å². The first-order chi connectivity index (χ1) is 10.2. The van der Waals surface area contributed by atoms with E-state index in [1.165, 1.54) is 13.3 Å². The molecule has 0 unspecified atom stereocenters. The lowest BCUT2D eigenvalue weighted by molar-refractivity contribution is 0.0601. The third kappa shape index (κ3) is 2.33. The predicted octanol–water partition coefficient (Wildman–Crippen LogP) is 2.22. The number of benzene rings is 1. The zero-order chi connectivity index (χ0) is 14.8. The van der Waals surface area contributed by atoms with Gasteiger partial charge in [0.15, 0.2) is 11.5 Å². The molecule has 0 saturated carbocycles. The number of aromatic nitrogens is 1. The molecule has 1 aliphatic heterocycles. The predicted molar refractivity (Wildman–Crippen MR) is 78.2 cm³/mol.